The van der Waals surface area contributed by atoms with Crippen LogP contribution in [0.15, 0.2) is 24.3 Å². The lowest BCUT2D eigenvalue weighted by molar-refractivity contribution is -0.132. The first-order chi connectivity index (χ1) is 6.72. The molecule has 1 rings (SSSR count). The molecule has 4 heteroatoms. The maximum atomic E-state index is 12.5. The molecule has 0 fully saturated rings. The van der Waals surface area contributed by atoms with E-state index in [0.29, 0.717) is 6.61 Å². The van der Waals surface area contributed by atoms with Crippen LogP contribution < -0.4 is 5.48 Å². The summed E-state index contributed by atoms with van der Waals surface area (Å²) in [6.07, 6.45) is 0.195. The number of nitrogens with one attached hydrogen (secondary N) is 1. The highest BCUT2D eigenvalue weighted by Gasteiger charge is 2.02. The lowest BCUT2D eigenvalue weighted by Gasteiger charge is -2.03. The van der Waals surface area contributed by atoms with Gasteiger partial charge in [0.2, 0.25) is 5.91 Å². The zero-order chi connectivity index (χ0) is 10.4. The van der Waals surface area contributed by atoms with Crippen LogP contribution in [-0.2, 0) is 16.1 Å². The van der Waals surface area contributed by atoms with Gasteiger partial charge in [0, 0.05) is 0 Å². The topological polar surface area (TPSA) is 38.3 Å². The van der Waals surface area contributed by atoms with E-state index in [-0.39, 0.29) is 18.1 Å². The third-order valence-electron chi connectivity index (χ3n) is 1.61. The summed E-state index contributed by atoms with van der Waals surface area (Å²) in [6, 6.07) is 5.79. The normalized spacial score (nSPS) is 9.86. The van der Waals surface area contributed by atoms with Crippen LogP contribution in [0.25, 0.3) is 0 Å². The lowest BCUT2D eigenvalue weighted by Crippen LogP contribution is -2.25. The molecule has 0 radical (unpaired) electrons. The van der Waals surface area contributed by atoms with Crippen LogP contribution in [0.4, 0.5) is 4.39 Å². The fourth-order valence-electron chi connectivity index (χ4n) is 0.976. The van der Waals surface area contributed by atoms with Gasteiger partial charge in [-0.15, -0.1) is 0 Å². The van der Waals surface area contributed by atoms with Gasteiger partial charge in [-0.2, -0.15) is 0 Å². The summed E-state index contributed by atoms with van der Waals surface area (Å²) in [7, 11) is 0. The average molecular weight is 197 g/mol. The Morgan fingerprint density at radius 2 is 2.07 bits per heavy atom. The summed E-state index contributed by atoms with van der Waals surface area (Å²) >= 11 is 0. The monoisotopic (exact) mass is 197 g/mol. The molecule has 0 heterocycles. The van der Waals surface area contributed by atoms with Crippen LogP contribution in [0.5, 0.6) is 0 Å². The Bertz CT molecular complexity index is 297. The average Bonchev–Trinajstić information content (AvgIpc) is 2.18. The van der Waals surface area contributed by atoms with Gasteiger partial charge < -0.3 is 0 Å². The Morgan fingerprint density at radius 3 is 2.64 bits per heavy atom. The highest BCUT2D eigenvalue weighted by Crippen LogP contribution is 2.03. The molecule has 1 amide bonds. The second-order valence-corrected chi connectivity index (χ2v) is 2.76. The summed E-state index contributed by atoms with van der Waals surface area (Å²) in [5, 5.41) is 0. The highest BCUT2D eigenvalue weighted by atomic mass is 19.1. The molecule has 1 N–H and O–H groups in total. The van der Waals surface area contributed by atoms with E-state index in [9.17, 15) is 9.18 Å². The summed E-state index contributed by atoms with van der Waals surface area (Å²) in [5.74, 6) is -0.544. The molecule has 1 aromatic rings. The lowest BCUT2D eigenvalue weighted by atomic mass is 10.1. The quantitative estimate of drug-likeness (QED) is 0.741. The van der Waals surface area contributed by atoms with Gasteiger partial charge in [-0.3, -0.25) is 9.63 Å². The van der Waals surface area contributed by atoms with Crippen LogP contribution in [-0.4, -0.2) is 12.5 Å². The van der Waals surface area contributed by atoms with Crippen molar-refractivity contribution in [1.82, 2.24) is 5.48 Å². The molecule has 0 saturated carbocycles. The first-order valence-corrected chi connectivity index (χ1v) is 4.37. The Morgan fingerprint density at radius 1 is 1.43 bits per heavy atom. The van der Waals surface area contributed by atoms with E-state index < -0.39 is 0 Å². The van der Waals surface area contributed by atoms with Crippen LogP contribution in [0.3, 0.4) is 0 Å². The first kappa shape index (κ1) is 10.7. The molecule has 0 aromatic heterocycles. The Kier molecular flexibility index (Phi) is 4.07. The minimum Gasteiger partial charge on any atom is -0.274 e. The largest absolute Gasteiger partial charge is 0.274 e. The fraction of sp³-hybridized carbons (Fsp3) is 0.300. The van der Waals surface area contributed by atoms with Gasteiger partial charge in [-0.1, -0.05) is 12.1 Å². The molecule has 0 aliphatic carbocycles. The number of hydrogen-bond donors (Lipinski definition) is 1. The summed E-state index contributed by atoms with van der Waals surface area (Å²) in [6.45, 7) is 2.20. The van der Waals surface area contributed by atoms with Gasteiger partial charge >= 0.3 is 0 Å². The van der Waals surface area contributed by atoms with Gasteiger partial charge in [-0.05, 0) is 24.6 Å². The molecule has 3 nitrogen and oxygen atoms in total. The van der Waals surface area contributed by atoms with Crippen LogP contribution in [0, 0.1) is 5.82 Å². The molecular weight excluding hydrogens is 185 g/mol. The predicted molar refractivity (Wildman–Crippen MR) is 49.9 cm³/mol. The van der Waals surface area contributed by atoms with Crippen molar-refractivity contribution >= 4 is 5.91 Å². The molecule has 0 unspecified atom stereocenters. The molecule has 0 atom stereocenters. The second-order valence-electron chi connectivity index (χ2n) is 2.76. The zero-order valence-electron chi connectivity index (χ0n) is 7.92. The van der Waals surface area contributed by atoms with Gasteiger partial charge in [0.05, 0.1) is 13.0 Å². The number of benzene rings is 1. The van der Waals surface area contributed by atoms with E-state index in [4.69, 9.17) is 4.84 Å². The summed E-state index contributed by atoms with van der Waals surface area (Å²) in [5.41, 5.74) is 3.02. The van der Waals surface area contributed by atoms with Crippen molar-refractivity contribution in [3.05, 3.63) is 35.6 Å². The minimum absolute atomic E-state index is 0.195. The predicted octanol–water partition coefficient (Wildman–Crippen LogP) is 1.44. The van der Waals surface area contributed by atoms with Crippen molar-refractivity contribution in [2.75, 3.05) is 6.61 Å². The van der Waals surface area contributed by atoms with Gasteiger partial charge in [-0.25, -0.2) is 9.87 Å². The zero-order valence-corrected chi connectivity index (χ0v) is 7.92. The van der Waals surface area contributed by atoms with Crippen molar-refractivity contribution in [2.45, 2.75) is 13.3 Å². The Labute approximate surface area is 81.8 Å². The number of halogens is 1. The third kappa shape index (κ3) is 3.53. The van der Waals surface area contributed by atoms with Gasteiger partial charge in [0.1, 0.15) is 5.82 Å². The number of hydroxylamine groups is 1. The third-order valence-corrected chi connectivity index (χ3v) is 1.61. The maximum absolute atomic E-state index is 12.5. The number of amides is 1. The molecule has 0 bridgehead atoms. The van der Waals surface area contributed by atoms with Crippen LogP contribution in [0.1, 0.15) is 12.5 Å². The SMILES string of the molecule is CCONC(=O)Cc1ccc(F)cc1. The molecule has 0 saturated heterocycles. The molecular formula is C10H12FNO2. The fourth-order valence-corrected chi connectivity index (χ4v) is 0.976. The molecule has 14 heavy (non-hydrogen) atoms. The standard InChI is InChI=1S/C10H12FNO2/c1-2-14-12-10(13)7-8-3-5-9(11)6-4-8/h3-6H,2,7H2,1H3,(H,12,13). The molecule has 76 valence electrons. The molecule has 0 aliphatic rings. The Balaban J connectivity index is 2.44. The summed E-state index contributed by atoms with van der Waals surface area (Å²) < 4.78 is 12.5. The number of hydrogen-bond acceptors (Lipinski definition) is 2. The highest BCUT2D eigenvalue weighted by molar-refractivity contribution is 5.77. The van der Waals surface area contributed by atoms with E-state index in [1.165, 1.54) is 12.1 Å². The first-order valence-electron chi connectivity index (χ1n) is 4.37. The van der Waals surface area contributed by atoms with Crippen LogP contribution >= 0.6 is 0 Å². The van der Waals surface area contributed by atoms with Crippen molar-refractivity contribution in [3.8, 4) is 0 Å². The van der Waals surface area contributed by atoms with Crippen LogP contribution in [0.2, 0.25) is 0 Å². The number of carbonyl (C=O) groups is 1. The van der Waals surface area contributed by atoms with Gasteiger partial charge in [0.15, 0.2) is 0 Å². The van der Waals surface area contributed by atoms with E-state index in [1.54, 1.807) is 19.1 Å². The molecule has 0 aliphatic heterocycles. The summed E-state index contributed by atoms with van der Waals surface area (Å²) in [4.78, 5) is 15.8. The molecule has 1 aromatic carbocycles. The van der Waals surface area contributed by atoms with Crippen molar-refractivity contribution in [1.29, 1.82) is 0 Å². The Hall–Kier alpha value is -1.42. The van der Waals surface area contributed by atoms with Crippen molar-refractivity contribution in [2.24, 2.45) is 0 Å². The van der Waals surface area contributed by atoms with E-state index in [1.807, 2.05) is 0 Å². The maximum Gasteiger partial charge on any atom is 0.247 e. The van der Waals surface area contributed by atoms with E-state index in [0.717, 1.165) is 5.56 Å². The van der Waals surface area contributed by atoms with E-state index in [2.05, 4.69) is 5.48 Å². The van der Waals surface area contributed by atoms with E-state index >= 15 is 0 Å². The van der Waals surface area contributed by atoms with Crippen molar-refractivity contribution < 1.29 is 14.0 Å². The van der Waals surface area contributed by atoms with Gasteiger partial charge in [0.25, 0.3) is 0 Å². The minimum atomic E-state index is -0.307. The van der Waals surface area contributed by atoms with Crippen molar-refractivity contribution in [3.63, 3.8) is 0 Å². The second kappa shape index (κ2) is 5.34. The molecule has 0 spiro atoms. The number of rotatable bonds is 4. The smallest absolute Gasteiger partial charge is 0.247 e. The number of carbonyl (C=O) groups excluding carboxylic acids is 1.